The number of carbonyl (C=O) groups excluding carboxylic acids is 1. The molecule has 0 saturated heterocycles. The van der Waals surface area contributed by atoms with E-state index in [2.05, 4.69) is 4.98 Å². The zero-order valence-electron chi connectivity index (χ0n) is 11.9. The Morgan fingerprint density at radius 1 is 1.43 bits per heavy atom. The summed E-state index contributed by atoms with van der Waals surface area (Å²) in [5.74, 6) is -2.56. The smallest absolute Gasteiger partial charge is 0.329 e. The first-order valence-electron chi connectivity index (χ1n) is 6.41. The van der Waals surface area contributed by atoms with Crippen molar-refractivity contribution in [3.8, 4) is 0 Å². The molecular weight excluding hydrogens is 302 g/mol. The van der Waals surface area contributed by atoms with E-state index in [0.717, 1.165) is 6.07 Å². The Morgan fingerprint density at radius 2 is 2.10 bits per heavy atom. The zero-order chi connectivity index (χ0) is 15.7. The van der Waals surface area contributed by atoms with E-state index < -0.39 is 23.6 Å². The van der Waals surface area contributed by atoms with Crippen LogP contribution in [0.2, 0.25) is 0 Å². The van der Waals surface area contributed by atoms with E-state index in [0.29, 0.717) is 5.82 Å². The number of hydrogen-bond acceptors (Lipinski definition) is 3. The molecular formula is C14H15ClF2N2O2. The Kier molecular flexibility index (Phi) is 4.46. The molecule has 4 nitrogen and oxygen atoms in total. The van der Waals surface area contributed by atoms with Gasteiger partial charge in [0.05, 0.1) is 18.5 Å². The molecule has 0 radical (unpaired) electrons. The number of alkyl halides is 1. The largest absolute Gasteiger partial charge is 0.467 e. The van der Waals surface area contributed by atoms with Crippen molar-refractivity contribution in [3.05, 3.63) is 29.6 Å². The lowest BCUT2D eigenvalue weighted by Gasteiger charge is -2.22. The van der Waals surface area contributed by atoms with Crippen LogP contribution in [0.1, 0.15) is 25.7 Å². The summed E-state index contributed by atoms with van der Waals surface area (Å²) in [6.45, 7) is 3.56. The van der Waals surface area contributed by atoms with Crippen LogP contribution in [0.15, 0.2) is 12.1 Å². The third-order valence-corrected chi connectivity index (χ3v) is 3.53. The average molecular weight is 317 g/mol. The Morgan fingerprint density at radius 3 is 2.62 bits per heavy atom. The first-order chi connectivity index (χ1) is 9.92. The van der Waals surface area contributed by atoms with Gasteiger partial charge in [-0.25, -0.2) is 18.6 Å². The second-order valence-electron chi connectivity index (χ2n) is 4.97. The topological polar surface area (TPSA) is 44.1 Å². The molecule has 1 aromatic heterocycles. The predicted octanol–water partition coefficient (Wildman–Crippen LogP) is 3.42. The SMILES string of the molecule is COC(=O)C(C(C)C)n1c(CCl)nc2ccc(F)c(F)c21. The van der Waals surface area contributed by atoms with E-state index in [4.69, 9.17) is 16.3 Å². The van der Waals surface area contributed by atoms with Gasteiger partial charge in [-0.1, -0.05) is 13.8 Å². The molecule has 114 valence electrons. The van der Waals surface area contributed by atoms with Crippen molar-refractivity contribution in [3.63, 3.8) is 0 Å². The van der Waals surface area contributed by atoms with Gasteiger partial charge < -0.3 is 9.30 Å². The summed E-state index contributed by atoms with van der Waals surface area (Å²) in [5.41, 5.74) is 0.175. The lowest BCUT2D eigenvalue weighted by atomic mass is 10.0. The van der Waals surface area contributed by atoms with Crippen molar-refractivity contribution in [2.75, 3.05) is 7.11 Å². The second kappa shape index (κ2) is 5.97. The minimum Gasteiger partial charge on any atom is -0.467 e. The first kappa shape index (κ1) is 15.7. The fourth-order valence-electron chi connectivity index (χ4n) is 2.36. The highest BCUT2D eigenvalue weighted by atomic mass is 35.5. The standard InChI is InChI=1S/C14H15ClF2N2O2/c1-7(2)12(14(20)21-3)19-10(6-15)18-9-5-4-8(16)11(17)13(9)19/h4-5,7,12H,6H2,1-3H3. The maximum Gasteiger partial charge on any atom is 0.329 e. The lowest BCUT2D eigenvalue weighted by molar-refractivity contribution is -0.146. The minimum atomic E-state index is -1.05. The molecule has 2 aromatic rings. The van der Waals surface area contributed by atoms with E-state index in [1.807, 2.05) is 0 Å². The van der Waals surface area contributed by atoms with Gasteiger partial charge in [0.2, 0.25) is 0 Å². The third-order valence-electron chi connectivity index (χ3n) is 3.29. The number of nitrogens with zero attached hydrogens (tertiary/aromatic N) is 2. The number of imidazole rings is 1. The molecule has 0 aliphatic carbocycles. The number of rotatable bonds is 4. The van der Waals surface area contributed by atoms with E-state index in [1.54, 1.807) is 13.8 Å². The summed E-state index contributed by atoms with van der Waals surface area (Å²) in [6.07, 6.45) is 0. The highest BCUT2D eigenvalue weighted by molar-refractivity contribution is 6.17. The molecule has 1 heterocycles. The lowest BCUT2D eigenvalue weighted by Crippen LogP contribution is -2.27. The Balaban J connectivity index is 2.81. The number of aromatic nitrogens is 2. The van der Waals surface area contributed by atoms with Gasteiger partial charge in [-0.15, -0.1) is 11.6 Å². The van der Waals surface area contributed by atoms with Crippen molar-refractivity contribution in [1.29, 1.82) is 0 Å². The molecule has 0 aliphatic rings. The Labute approximate surface area is 125 Å². The summed E-state index contributed by atoms with van der Waals surface area (Å²) in [5, 5.41) is 0. The molecule has 1 atom stereocenters. The minimum absolute atomic E-state index is 0.0318. The molecule has 1 aromatic carbocycles. The number of carbonyl (C=O) groups is 1. The molecule has 2 rings (SSSR count). The van der Waals surface area contributed by atoms with E-state index in [9.17, 15) is 13.6 Å². The van der Waals surface area contributed by atoms with Gasteiger partial charge in [0.1, 0.15) is 17.4 Å². The predicted molar refractivity (Wildman–Crippen MR) is 75.1 cm³/mol. The second-order valence-corrected chi connectivity index (χ2v) is 5.24. The van der Waals surface area contributed by atoms with Crippen LogP contribution in [0, 0.1) is 17.6 Å². The van der Waals surface area contributed by atoms with Crippen molar-refractivity contribution < 1.29 is 18.3 Å². The van der Waals surface area contributed by atoms with Crippen molar-refractivity contribution in [2.24, 2.45) is 5.92 Å². The molecule has 0 aliphatic heterocycles. The molecule has 7 heteroatoms. The summed E-state index contributed by atoms with van der Waals surface area (Å²) >= 11 is 5.84. The molecule has 0 fully saturated rings. The molecule has 1 unspecified atom stereocenters. The number of ether oxygens (including phenoxy) is 1. The van der Waals surface area contributed by atoms with E-state index >= 15 is 0 Å². The summed E-state index contributed by atoms with van der Waals surface area (Å²) in [7, 11) is 1.24. The van der Waals surface area contributed by atoms with Crippen LogP contribution in [0.25, 0.3) is 11.0 Å². The number of esters is 1. The first-order valence-corrected chi connectivity index (χ1v) is 6.94. The summed E-state index contributed by atoms with van der Waals surface area (Å²) in [4.78, 5) is 16.2. The maximum atomic E-state index is 14.2. The Bertz CT molecular complexity index is 685. The van der Waals surface area contributed by atoms with Crippen LogP contribution < -0.4 is 0 Å². The average Bonchev–Trinajstić information content (AvgIpc) is 2.81. The number of hydrogen-bond donors (Lipinski definition) is 0. The molecule has 21 heavy (non-hydrogen) atoms. The van der Waals surface area contributed by atoms with Crippen LogP contribution in [0.5, 0.6) is 0 Å². The number of fused-ring (bicyclic) bond motifs is 1. The number of methoxy groups -OCH3 is 1. The highest BCUT2D eigenvalue weighted by Gasteiger charge is 2.30. The van der Waals surface area contributed by atoms with Crippen LogP contribution in [-0.2, 0) is 15.4 Å². The van der Waals surface area contributed by atoms with Gasteiger partial charge in [0.25, 0.3) is 0 Å². The quantitative estimate of drug-likeness (QED) is 0.641. The zero-order valence-corrected chi connectivity index (χ0v) is 12.6. The summed E-state index contributed by atoms with van der Waals surface area (Å²) in [6, 6.07) is 1.52. The van der Waals surface area contributed by atoms with Crippen LogP contribution in [0.4, 0.5) is 8.78 Å². The van der Waals surface area contributed by atoms with Gasteiger partial charge in [0.15, 0.2) is 11.6 Å². The third kappa shape index (κ3) is 2.60. The van der Waals surface area contributed by atoms with Gasteiger partial charge in [0, 0.05) is 0 Å². The number of halogens is 3. The van der Waals surface area contributed by atoms with Crippen LogP contribution >= 0.6 is 11.6 Å². The molecule has 0 saturated carbocycles. The number of benzene rings is 1. The van der Waals surface area contributed by atoms with E-state index in [-0.39, 0.29) is 22.8 Å². The molecule has 0 amide bonds. The Hall–Kier alpha value is -1.69. The van der Waals surface area contributed by atoms with Crippen molar-refractivity contribution >= 4 is 28.6 Å². The molecule has 0 N–H and O–H groups in total. The van der Waals surface area contributed by atoms with Crippen molar-refractivity contribution in [2.45, 2.75) is 25.8 Å². The maximum absolute atomic E-state index is 14.2. The van der Waals surface area contributed by atoms with Gasteiger partial charge in [-0.05, 0) is 18.1 Å². The fourth-order valence-corrected chi connectivity index (χ4v) is 2.55. The summed E-state index contributed by atoms with van der Waals surface area (Å²) < 4.78 is 33.8. The molecule has 0 spiro atoms. The van der Waals surface area contributed by atoms with Gasteiger partial charge in [-0.3, -0.25) is 0 Å². The molecule has 0 bridgehead atoms. The van der Waals surface area contributed by atoms with Crippen molar-refractivity contribution in [1.82, 2.24) is 9.55 Å². The normalized spacial score (nSPS) is 12.9. The highest BCUT2D eigenvalue weighted by Crippen LogP contribution is 2.30. The van der Waals surface area contributed by atoms with Crippen LogP contribution in [-0.4, -0.2) is 22.6 Å². The van der Waals surface area contributed by atoms with Crippen LogP contribution in [0.3, 0.4) is 0 Å². The fraction of sp³-hybridized carbons (Fsp3) is 0.429. The van der Waals surface area contributed by atoms with Gasteiger partial charge >= 0.3 is 5.97 Å². The van der Waals surface area contributed by atoms with E-state index in [1.165, 1.54) is 17.7 Å². The monoisotopic (exact) mass is 316 g/mol. The van der Waals surface area contributed by atoms with Gasteiger partial charge in [-0.2, -0.15) is 0 Å².